The molecule has 0 aromatic heterocycles. The van der Waals surface area contributed by atoms with Gasteiger partial charge in [0.2, 0.25) is 0 Å². The van der Waals surface area contributed by atoms with Crippen molar-refractivity contribution in [3.8, 4) is 17.2 Å². The average molecular weight is 419 g/mol. The van der Waals surface area contributed by atoms with Gasteiger partial charge in [0.25, 0.3) is 0 Å². The third kappa shape index (κ3) is 5.22. The van der Waals surface area contributed by atoms with E-state index in [1.165, 1.54) is 16.7 Å². The van der Waals surface area contributed by atoms with Crippen LogP contribution in [0.15, 0.2) is 72.8 Å². The highest BCUT2D eigenvalue weighted by molar-refractivity contribution is 5.37. The Labute approximate surface area is 186 Å². The summed E-state index contributed by atoms with van der Waals surface area (Å²) in [6, 6.07) is 22.5. The van der Waals surface area contributed by atoms with Crippen molar-refractivity contribution in [1.29, 1.82) is 0 Å². The Balaban J connectivity index is 2.01. The maximum Gasteiger partial charge on any atom is 0.115 e. The first-order valence-corrected chi connectivity index (χ1v) is 10.8. The topological polar surface area (TPSA) is 60.7 Å². The van der Waals surface area contributed by atoms with Gasteiger partial charge in [-0.25, -0.2) is 0 Å². The Hall–Kier alpha value is -2.94. The van der Waals surface area contributed by atoms with Crippen LogP contribution in [0.3, 0.4) is 0 Å². The minimum atomic E-state index is -0.184. The van der Waals surface area contributed by atoms with Gasteiger partial charge in [-0.2, -0.15) is 0 Å². The molecule has 3 rings (SSSR count). The summed E-state index contributed by atoms with van der Waals surface area (Å²) in [5.41, 5.74) is 3.09. The van der Waals surface area contributed by atoms with Crippen LogP contribution in [0.5, 0.6) is 17.2 Å². The van der Waals surface area contributed by atoms with Gasteiger partial charge in [0.1, 0.15) is 17.2 Å². The highest BCUT2D eigenvalue weighted by Gasteiger charge is 2.39. The maximum absolute atomic E-state index is 9.85. The second kappa shape index (κ2) is 8.30. The first-order chi connectivity index (χ1) is 14.4. The molecule has 0 aliphatic rings. The Morgan fingerprint density at radius 3 is 1.00 bits per heavy atom. The summed E-state index contributed by atoms with van der Waals surface area (Å²) in [5, 5.41) is 29.3. The van der Waals surface area contributed by atoms with Crippen molar-refractivity contribution < 1.29 is 15.3 Å². The second-order valence-corrected chi connectivity index (χ2v) is 10.3. The molecule has 0 atom stereocenters. The van der Waals surface area contributed by atoms with E-state index in [2.05, 4.69) is 34.6 Å². The number of hydrogen-bond acceptors (Lipinski definition) is 3. The second-order valence-electron chi connectivity index (χ2n) is 10.3. The van der Waals surface area contributed by atoms with Crippen molar-refractivity contribution >= 4 is 0 Å². The molecule has 0 unspecified atom stereocenters. The van der Waals surface area contributed by atoms with Crippen molar-refractivity contribution in [1.82, 2.24) is 0 Å². The van der Waals surface area contributed by atoms with E-state index in [9.17, 15) is 15.3 Å². The van der Waals surface area contributed by atoms with Crippen molar-refractivity contribution in [3.63, 3.8) is 0 Å². The first kappa shape index (κ1) is 22.7. The quantitative estimate of drug-likeness (QED) is 0.395. The van der Waals surface area contributed by atoms with E-state index in [4.69, 9.17) is 0 Å². The maximum atomic E-state index is 9.85. The van der Waals surface area contributed by atoms with E-state index >= 15 is 0 Å². The molecule has 0 saturated heterocycles. The molecule has 0 heterocycles. The van der Waals surface area contributed by atoms with Gasteiger partial charge >= 0.3 is 0 Å². The third-order valence-corrected chi connectivity index (χ3v) is 6.53. The molecule has 3 aromatic carbocycles. The molecule has 3 heteroatoms. The molecule has 0 aliphatic carbocycles. The number of hydrogen-bond donors (Lipinski definition) is 3. The number of phenols is 3. The molecule has 3 nitrogen and oxygen atoms in total. The molecule has 0 saturated carbocycles. The first-order valence-electron chi connectivity index (χ1n) is 10.8. The van der Waals surface area contributed by atoms with Crippen molar-refractivity contribution in [2.45, 2.75) is 63.7 Å². The lowest BCUT2D eigenvalue weighted by Gasteiger charge is -2.43. The highest BCUT2D eigenvalue weighted by atomic mass is 16.3. The smallest absolute Gasteiger partial charge is 0.115 e. The van der Waals surface area contributed by atoms with E-state index in [-0.39, 0.29) is 33.5 Å². The summed E-state index contributed by atoms with van der Waals surface area (Å²) in [6.07, 6.45) is 1.77. The third-order valence-electron chi connectivity index (χ3n) is 6.53. The van der Waals surface area contributed by atoms with E-state index < -0.39 is 0 Å². The van der Waals surface area contributed by atoms with Gasteiger partial charge < -0.3 is 15.3 Å². The zero-order valence-electron chi connectivity index (χ0n) is 19.2. The molecule has 31 heavy (non-hydrogen) atoms. The predicted octanol–water partition coefficient (Wildman–Crippen LogP) is 6.80. The normalized spacial score (nSPS) is 12.7. The molecule has 0 bridgehead atoms. The number of aromatic hydroxyl groups is 3. The molecule has 3 N–H and O–H groups in total. The van der Waals surface area contributed by atoms with Gasteiger partial charge in [0.15, 0.2) is 0 Å². The molecule has 0 spiro atoms. The fourth-order valence-corrected chi connectivity index (χ4v) is 5.11. The molecular weight excluding hydrogens is 384 g/mol. The molecule has 0 amide bonds. The summed E-state index contributed by atoms with van der Waals surface area (Å²) in [4.78, 5) is 0. The van der Waals surface area contributed by atoms with Gasteiger partial charge in [-0.1, -0.05) is 71.0 Å². The lowest BCUT2D eigenvalue weighted by atomic mass is 9.61. The van der Waals surface area contributed by atoms with Crippen LogP contribution < -0.4 is 0 Å². The van der Waals surface area contributed by atoms with Crippen LogP contribution >= 0.6 is 0 Å². The van der Waals surface area contributed by atoms with Gasteiger partial charge in [0.05, 0.1) is 0 Å². The van der Waals surface area contributed by atoms with E-state index in [0.29, 0.717) is 0 Å². The molecule has 164 valence electrons. The van der Waals surface area contributed by atoms with Crippen LogP contribution in [0, 0.1) is 0 Å². The fourth-order valence-electron chi connectivity index (χ4n) is 5.11. The molecule has 0 aliphatic heterocycles. The predicted molar refractivity (Wildman–Crippen MR) is 127 cm³/mol. The number of rotatable bonds is 7. The van der Waals surface area contributed by atoms with Crippen LogP contribution in [-0.4, -0.2) is 15.3 Å². The van der Waals surface area contributed by atoms with Crippen LogP contribution in [0.2, 0.25) is 0 Å². The molecule has 0 fully saturated rings. The fraction of sp³-hybridized carbons (Fsp3) is 0.357. The lowest BCUT2D eigenvalue weighted by molar-refractivity contribution is 0.256. The molecule has 3 aromatic rings. The highest BCUT2D eigenvalue weighted by Crippen LogP contribution is 2.47. The van der Waals surface area contributed by atoms with Crippen LogP contribution in [0.1, 0.15) is 64.2 Å². The lowest BCUT2D eigenvalue weighted by Crippen LogP contribution is -2.37. The number of benzene rings is 3. The number of phenolic OH excluding ortho intramolecular Hbond substituents is 3. The minimum Gasteiger partial charge on any atom is -0.508 e. The van der Waals surface area contributed by atoms with E-state index in [1.807, 2.05) is 36.4 Å². The monoisotopic (exact) mass is 418 g/mol. The largest absolute Gasteiger partial charge is 0.508 e. The molecule has 0 radical (unpaired) electrons. The summed E-state index contributed by atoms with van der Waals surface area (Å²) in [7, 11) is 0. The van der Waals surface area contributed by atoms with E-state index in [1.54, 1.807) is 36.4 Å². The summed E-state index contributed by atoms with van der Waals surface area (Å²) in [6.45, 7) is 11.3. The summed E-state index contributed by atoms with van der Waals surface area (Å²) in [5.74, 6) is 0.810. The minimum absolute atomic E-state index is 0.134. The van der Waals surface area contributed by atoms with Crippen LogP contribution in [0.4, 0.5) is 0 Å². The van der Waals surface area contributed by atoms with Gasteiger partial charge in [-0.05, 0) is 82.2 Å². The molecular formula is C28H34O3. The standard InChI is InChI=1S/C28H34O3/c1-26(2,20-6-12-23(29)13-7-20)18-28(5,22-10-16-25(31)17-11-22)19-27(3,4)21-8-14-24(30)15-9-21/h6-17,29-31H,18-19H2,1-5H3. The van der Waals surface area contributed by atoms with E-state index in [0.717, 1.165) is 12.8 Å². The van der Waals surface area contributed by atoms with Crippen molar-refractivity contribution in [2.24, 2.45) is 0 Å². The SMILES string of the molecule is CC(C)(CC(C)(CC(C)(C)c1ccc(O)cc1)c1ccc(O)cc1)c1ccc(O)cc1. The Morgan fingerprint density at radius 2 is 0.710 bits per heavy atom. The zero-order valence-corrected chi connectivity index (χ0v) is 19.2. The van der Waals surface area contributed by atoms with Gasteiger partial charge in [0, 0.05) is 0 Å². The van der Waals surface area contributed by atoms with Gasteiger partial charge in [-0.15, -0.1) is 0 Å². The van der Waals surface area contributed by atoms with Crippen molar-refractivity contribution in [3.05, 3.63) is 89.5 Å². The zero-order chi connectivity index (χ0) is 22.9. The summed E-state index contributed by atoms with van der Waals surface area (Å²) >= 11 is 0. The summed E-state index contributed by atoms with van der Waals surface area (Å²) < 4.78 is 0. The Kier molecular flexibility index (Phi) is 6.09. The Bertz CT molecular complexity index is 938. The average Bonchev–Trinajstić information content (AvgIpc) is 2.68. The Morgan fingerprint density at radius 1 is 0.452 bits per heavy atom. The van der Waals surface area contributed by atoms with Crippen molar-refractivity contribution in [2.75, 3.05) is 0 Å². The van der Waals surface area contributed by atoms with Crippen LogP contribution in [-0.2, 0) is 16.2 Å². The van der Waals surface area contributed by atoms with Gasteiger partial charge in [-0.3, -0.25) is 0 Å². The van der Waals surface area contributed by atoms with Crippen LogP contribution in [0.25, 0.3) is 0 Å².